The molecule has 0 N–H and O–H groups in total. The number of aryl methyl sites for hydroxylation is 3. The third-order valence-electron chi connectivity index (χ3n) is 6.46. The second-order valence-electron chi connectivity index (χ2n) is 8.17. The number of fused-ring (bicyclic) bond motifs is 2. The largest absolute Gasteiger partial charge is 0.497 e. The maximum Gasteiger partial charge on any atom is 0.165 e. The molecule has 5 heteroatoms. The normalized spacial score (nSPS) is 13.3. The fraction of sp³-hybridized carbons (Fsp3) is 0.500. The lowest BCUT2D eigenvalue weighted by atomic mass is 10.0. The SMILES string of the molecule is CCC(CC)N(C)c1c2c(nc3c(-c4ccc(OC)cc4C)c(C)nn13)CCC2. The van der Waals surface area contributed by atoms with Crippen LogP contribution in [0.15, 0.2) is 18.2 Å². The molecular weight excluding hydrogens is 360 g/mol. The van der Waals surface area contributed by atoms with E-state index in [4.69, 9.17) is 14.8 Å². The lowest BCUT2D eigenvalue weighted by Gasteiger charge is -2.30. The second kappa shape index (κ2) is 7.69. The molecule has 2 aromatic heterocycles. The van der Waals surface area contributed by atoms with E-state index in [1.165, 1.54) is 34.6 Å². The highest BCUT2D eigenvalue weighted by atomic mass is 16.5. The first-order chi connectivity index (χ1) is 14.0. The van der Waals surface area contributed by atoms with Crippen molar-refractivity contribution in [3.05, 3.63) is 40.7 Å². The fourth-order valence-corrected chi connectivity index (χ4v) is 4.84. The van der Waals surface area contributed by atoms with E-state index >= 15 is 0 Å². The van der Waals surface area contributed by atoms with Gasteiger partial charge in [-0.3, -0.25) is 0 Å². The number of nitrogens with zero attached hydrogens (tertiary/aromatic N) is 4. The third kappa shape index (κ3) is 3.17. The maximum atomic E-state index is 5.40. The minimum Gasteiger partial charge on any atom is -0.497 e. The van der Waals surface area contributed by atoms with Crippen LogP contribution in [0.2, 0.25) is 0 Å². The summed E-state index contributed by atoms with van der Waals surface area (Å²) < 4.78 is 7.51. The van der Waals surface area contributed by atoms with Crippen LogP contribution in [0.4, 0.5) is 5.82 Å². The van der Waals surface area contributed by atoms with E-state index in [0.29, 0.717) is 6.04 Å². The van der Waals surface area contributed by atoms with Gasteiger partial charge in [0.1, 0.15) is 11.6 Å². The minimum atomic E-state index is 0.501. The minimum absolute atomic E-state index is 0.501. The first-order valence-corrected chi connectivity index (χ1v) is 10.8. The van der Waals surface area contributed by atoms with Gasteiger partial charge < -0.3 is 9.64 Å². The molecule has 29 heavy (non-hydrogen) atoms. The van der Waals surface area contributed by atoms with E-state index in [0.717, 1.165) is 48.3 Å². The highest BCUT2D eigenvalue weighted by Crippen LogP contribution is 2.38. The van der Waals surface area contributed by atoms with Gasteiger partial charge in [-0.2, -0.15) is 9.61 Å². The van der Waals surface area contributed by atoms with Gasteiger partial charge in [-0.25, -0.2) is 4.98 Å². The molecule has 0 amide bonds. The summed E-state index contributed by atoms with van der Waals surface area (Å²) in [5, 5.41) is 5.00. The number of ether oxygens (including phenoxy) is 1. The number of hydrogen-bond donors (Lipinski definition) is 0. The summed E-state index contributed by atoms with van der Waals surface area (Å²) in [5.41, 5.74) is 8.13. The average Bonchev–Trinajstić information content (AvgIpc) is 3.30. The van der Waals surface area contributed by atoms with Crippen LogP contribution in [0.25, 0.3) is 16.8 Å². The molecule has 0 aliphatic heterocycles. The smallest absolute Gasteiger partial charge is 0.165 e. The number of benzene rings is 1. The van der Waals surface area contributed by atoms with Crippen molar-refractivity contribution in [2.24, 2.45) is 0 Å². The lowest BCUT2D eigenvalue weighted by molar-refractivity contribution is 0.414. The molecule has 2 heterocycles. The van der Waals surface area contributed by atoms with E-state index in [9.17, 15) is 0 Å². The van der Waals surface area contributed by atoms with E-state index in [1.54, 1.807) is 7.11 Å². The van der Waals surface area contributed by atoms with Gasteiger partial charge in [-0.15, -0.1) is 0 Å². The van der Waals surface area contributed by atoms with Crippen LogP contribution in [0, 0.1) is 13.8 Å². The van der Waals surface area contributed by atoms with Crippen molar-refractivity contribution in [3.8, 4) is 16.9 Å². The van der Waals surface area contributed by atoms with Crippen LogP contribution in [0.1, 0.15) is 55.6 Å². The van der Waals surface area contributed by atoms with E-state index in [2.05, 4.69) is 56.3 Å². The lowest BCUT2D eigenvalue weighted by Crippen LogP contribution is -2.33. The topological polar surface area (TPSA) is 42.7 Å². The Labute approximate surface area is 173 Å². The molecule has 1 aliphatic rings. The van der Waals surface area contributed by atoms with Crippen molar-refractivity contribution in [2.75, 3.05) is 19.1 Å². The number of anilines is 1. The molecular formula is C24H32N4O. The van der Waals surface area contributed by atoms with Crippen LogP contribution < -0.4 is 9.64 Å². The van der Waals surface area contributed by atoms with Crippen LogP contribution >= 0.6 is 0 Å². The zero-order valence-electron chi connectivity index (χ0n) is 18.5. The predicted octanol–water partition coefficient (Wildman–Crippen LogP) is 5.14. The molecule has 0 saturated carbocycles. The number of aromatic nitrogens is 3. The first kappa shape index (κ1) is 19.7. The second-order valence-corrected chi connectivity index (χ2v) is 8.17. The van der Waals surface area contributed by atoms with Crippen molar-refractivity contribution < 1.29 is 4.74 Å². The average molecular weight is 393 g/mol. The number of methoxy groups -OCH3 is 1. The van der Waals surface area contributed by atoms with Gasteiger partial charge in [-0.05, 0) is 69.2 Å². The standard InChI is InChI=1S/C24H32N4O/c1-7-17(8-2)27(5)24-20-10-9-11-21(20)25-23-22(16(4)26-28(23)24)19-13-12-18(29-6)14-15(19)3/h12-14,17H,7-11H2,1-6H3. The summed E-state index contributed by atoms with van der Waals surface area (Å²) in [6.45, 7) is 8.76. The third-order valence-corrected chi connectivity index (χ3v) is 6.46. The summed E-state index contributed by atoms with van der Waals surface area (Å²) in [6, 6.07) is 6.75. The molecule has 4 rings (SSSR count). The monoisotopic (exact) mass is 392 g/mol. The highest BCUT2D eigenvalue weighted by Gasteiger charge is 2.28. The van der Waals surface area contributed by atoms with Gasteiger partial charge >= 0.3 is 0 Å². The van der Waals surface area contributed by atoms with Crippen molar-refractivity contribution in [2.45, 2.75) is 65.8 Å². The van der Waals surface area contributed by atoms with Gasteiger partial charge in [0.25, 0.3) is 0 Å². The van der Waals surface area contributed by atoms with E-state index < -0.39 is 0 Å². The number of rotatable bonds is 6. The molecule has 0 spiro atoms. The number of hydrogen-bond acceptors (Lipinski definition) is 4. The van der Waals surface area contributed by atoms with Crippen LogP contribution in [0.5, 0.6) is 5.75 Å². The molecule has 0 atom stereocenters. The van der Waals surface area contributed by atoms with Crippen LogP contribution in [-0.2, 0) is 12.8 Å². The molecule has 5 nitrogen and oxygen atoms in total. The molecule has 1 aromatic carbocycles. The molecule has 154 valence electrons. The van der Waals surface area contributed by atoms with Crippen LogP contribution in [-0.4, -0.2) is 34.8 Å². The first-order valence-electron chi connectivity index (χ1n) is 10.8. The summed E-state index contributed by atoms with van der Waals surface area (Å²) in [6.07, 6.45) is 5.57. The predicted molar refractivity (Wildman–Crippen MR) is 119 cm³/mol. The molecule has 0 fully saturated rings. The Balaban J connectivity index is 1.98. The zero-order valence-corrected chi connectivity index (χ0v) is 18.5. The Morgan fingerprint density at radius 2 is 1.93 bits per heavy atom. The van der Waals surface area contributed by atoms with Crippen molar-refractivity contribution in [1.29, 1.82) is 0 Å². The van der Waals surface area contributed by atoms with E-state index in [1.807, 2.05) is 6.07 Å². The Morgan fingerprint density at radius 3 is 2.59 bits per heavy atom. The summed E-state index contributed by atoms with van der Waals surface area (Å²) in [4.78, 5) is 7.57. The Hall–Kier alpha value is -2.56. The molecule has 0 radical (unpaired) electrons. The summed E-state index contributed by atoms with van der Waals surface area (Å²) in [5.74, 6) is 2.11. The Bertz CT molecular complexity index is 1050. The van der Waals surface area contributed by atoms with Crippen molar-refractivity contribution >= 4 is 11.5 Å². The van der Waals surface area contributed by atoms with Crippen LogP contribution in [0.3, 0.4) is 0 Å². The summed E-state index contributed by atoms with van der Waals surface area (Å²) in [7, 11) is 3.93. The molecule has 1 aliphatic carbocycles. The quantitative estimate of drug-likeness (QED) is 0.583. The molecule has 3 aromatic rings. The van der Waals surface area contributed by atoms with Gasteiger partial charge in [0.2, 0.25) is 0 Å². The van der Waals surface area contributed by atoms with E-state index in [-0.39, 0.29) is 0 Å². The molecule has 0 unspecified atom stereocenters. The molecule has 0 bridgehead atoms. The van der Waals surface area contributed by atoms with Gasteiger partial charge in [0.05, 0.1) is 12.8 Å². The van der Waals surface area contributed by atoms with Crippen molar-refractivity contribution in [3.63, 3.8) is 0 Å². The Morgan fingerprint density at radius 1 is 1.17 bits per heavy atom. The molecule has 0 saturated heterocycles. The summed E-state index contributed by atoms with van der Waals surface area (Å²) >= 11 is 0. The maximum absolute atomic E-state index is 5.40. The van der Waals surface area contributed by atoms with Gasteiger partial charge in [0.15, 0.2) is 5.65 Å². The van der Waals surface area contributed by atoms with Crippen molar-refractivity contribution in [1.82, 2.24) is 14.6 Å². The Kier molecular flexibility index (Phi) is 5.24. The zero-order chi connectivity index (χ0) is 20.7. The van der Waals surface area contributed by atoms with Gasteiger partial charge in [0, 0.05) is 29.9 Å². The van der Waals surface area contributed by atoms with Gasteiger partial charge in [-0.1, -0.05) is 19.9 Å². The fourth-order valence-electron chi connectivity index (χ4n) is 4.84. The highest BCUT2D eigenvalue weighted by molar-refractivity contribution is 5.83.